The zero-order chi connectivity index (χ0) is 20.8. The number of aromatic nitrogens is 3. The first-order valence-electron chi connectivity index (χ1n) is 10.6. The maximum absolute atomic E-state index is 5.48. The fraction of sp³-hybridized carbons (Fsp3) is 0.192. The van der Waals surface area contributed by atoms with Gasteiger partial charge in [0.1, 0.15) is 11.3 Å². The molecular formula is C26H22N4O. The highest BCUT2D eigenvalue weighted by Gasteiger charge is 2.44. The van der Waals surface area contributed by atoms with Crippen molar-refractivity contribution in [3.8, 4) is 0 Å². The van der Waals surface area contributed by atoms with Gasteiger partial charge in [-0.25, -0.2) is 9.97 Å². The molecule has 152 valence electrons. The second-order valence-corrected chi connectivity index (χ2v) is 8.42. The molecule has 0 amide bonds. The van der Waals surface area contributed by atoms with Crippen molar-refractivity contribution >= 4 is 27.7 Å². The zero-order valence-corrected chi connectivity index (χ0v) is 17.3. The third kappa shape index (κ3) is 3.22. The van der Waals surface area contributed by atoms with Gasteiger partial charge in [0.2, 0.25) is 0 Å². The van der Waals surface area contributed by atoms with E-state index in [1.54, 1.807) is 0 Å². The largest absolute Gasteiger partial charge is 0.443 e. The standard InChI is InChI=1S/C26H22N4O/c1-17-2-5-20(6-3-17)26(10-11-26)30-25-24-19(9-13-28-25)8-12-27-22(24)14-18-4-7-21-23(15-18)31-16-29-21/h2-9,12-13,15-16H,10-11,14H2,1H3,(H,28,30). The van der Waals surface area contributed by atoms with Crippen molar-refractivity contribution < 1.29 is 4.42 Å². The van der Waals surface area contributed by atoms with Gasteiger partial charge in [0.15, 0.2) is 12.0 Å². The number of nitrogens with one attached hydrogen (secondary N) is 1. The van der Waals surface area contributed by atoms with Crippen molar-refractivity contribution in [1.29, 1.82) is 0 Å². The fourth-order valence-corrected chi connectivity index (χ4v) is 4.33. The van der Waals surface area contributed by atoms with Crippen molar-refractivity contribution in [3.05, 3.63) is 95.8 Å². The molecule has 1 fully saturated rings. The van der Waals surface area contributed by atoms with E-state index in [1.807, 2.05) is 24.5 Å². The Kier molecular flexibility index (Phi) is 4.03. The average molecular weight is 406 g/mol. The smallest absolute Gasteiger partial charge is 0.181 e. The number of hydrogen-bond donors (Lipinski definition) is 1. The molecule has 0 spiro atoms. The molecule has 3 aromatic heterocycles. The third-order valence-corrected chi connectivity index (χ3v) is 6.24. The van der Waals surface area contributed by atoms with E-state index < -0.39 is 0 Å². The van der Waals surface area contributed by atoms with Crippen LogP contribution in [0, 0.1) is 6.92 Å². The van der Waals surface area contributed by atoms with Crippen LogP contribution in [0.2, 0.25) is 0 Å². The first-order valence-corrected chi connectivity index (χ1v) is 10.6. The Morgan fingerprint density at radius 2 is 1.74 bits per heavy atom. The molecule has 3 heterocycles. The van der Waals surface area contributed by atoms with Crippen LogP contribution in [-0.4, -0.2) is 15.0 Å². The van der Waals surface area contributed by atoms with Crippen LogP contribution >= 0.6 is 0 Å². The van der Waals surface area contributed by atoms with Gasteiger partial charge in [-0.1, -0.05) is 35.9 Å². The van der Waals surface area contributed by atoms with Gasteiger partial charge in [0.05, 0.1) is 11.2 Å². The van der Waals surface area contributed by atoms with Crippen LogP contribution in [0.25, 0.3) is 21.9 Å². The van der Waals surface area contributed by atoms with Gasteiger partial charge in [0, 0.05) is 24.2 Å². The molecule has 1 N–H and O–H groups in total. The minimum Gasteiger partial charge on any atom is -0.443 e. The Bertz CT molecular complexity index is 1400. The highest BCUT2D eigenvalue weighted by molar-refractivity contribution is 5.94. The lowest BCUT2D eigenvalue weighted by atomic mass is 10.0. The highest BCUT2D eigenvalue weighted by Crippen LogP contribution is 2.49. The van der Waals surface area contributed by atoms with Gasteiger partial charge >= 0.3 is 0 Å². The van der Waals surface area contributed by atoms with Crippen molar-refractivity contribution in [2.24, 2.45) is 0 Å². The maximum Gasteiger partial charge on any atom is 0.181 e. The Balaban J connectivity index is 1.40. The molecule has 0 aliphatic heterocycles. The maximum atomic E-state index is 5.48. The highest BCUT2D eigenvalue weighted by atomic mass is 16.3. The summed E-state index contributed by atoms with van der Waals surface area (Å²) in [7, 11) is 0. The molecule has 1 aliphatic carbocycles. The molecule has 5 nitrogen and oxygen atoms in total. The summed E-state index contributed by atoms with van der Waals surface area (Å²) in [5.74, 6) is 0.902. The number of hydrogen-bond acceptors (Lipinski definition) is 5. The first-order chi connectivity index (χ1) is 15.2. The summed E-state index contributed by atoms with van der Waals surface area (Å²) in [6, 6.07) is 19.0. The molecule has 31 heavy (non-hydrogen) atoms. The summed E-state index contributed by atoms with van der Waals surface area (Å²) in [5.41, 5.74) is 6.36. The van der Waals surface area contributed by atoms with Gasteiger partial charge in [-0.2, -0.15) is 0 Å². The molecule has 2 aromatic carbocycles. The van der Waals surface area contributed by atoms with Gasteiger partial charge in [-0.3, -0.25) is 4.98 Å². The molecule has 0 radical (unpaired) electrons. The topological polar surface area (TPSA) is 63.8 Å². The molecule has 1 saturated carbocycles. The van der Waals surface area contributed by atoms with Crippen molar-refractivity contribution in [1.82, 2.24) is 15.0 Å². The number of rotatable bonds is 5. The lowest BCUT2D eigenvalue weighted by Crippen LogP contribution is -2.20. The molecule has 0 saturated heterocycles. The molecule has 5 aromatic rings. The van der Waals surface area contributed by atoms with Crippen LogP contribution in [0.3, 0.4) is 0 Å². The van der Waals surface area contributed by atoms with Crippen LogP contribution in [0.4, 0.5) is 5.82 Å². The summed E-state index contributed by atoms with van der Waals surface area (Å²) < 4.78 is 5.48. The summed E-state index contributed by atoms with van der Waals surface area (Å²) in [5, 5.41) is 6.01. The third-order valence-electron chi connectivity index (χ3n) is 6.24. The van der Waals surface area contributed by atoms with E-state index in [9.17, 15) is 0 Å². The van der Waals surface area contributed by atoms with Gasteiger partial charge in [-0.05, 0) is 60.5 Å². The molecule has 5 heteroatoms. The zero-order valence-electron chi connectivity index (χ0n) is 17.3. The van der Waals surface area contributed by atoms with Crippen molar-refractivity contribution in [3.63, 3.8) is 0 Å². The molecule has 0 atom stereocenters. The molecule has 0 unspecified atom stereocenters. The van der Waals surface area contributed by atoms with Crippen LogP contribution in [0.1, 0.15) is 35.2 Å². The van der Waals surface area contributed by atoms with E-state index in [2.05, 4.69) is 59.7 Å². The average Bonchev–Trinajstić information content (AvgIpc) is 3.41. The quantitative estimate of drug-likeness (QED) is 0.401. The summed E-state index contributed by atoms with van der Waals surface area (Å²) >= 11 is 0. The number of oxazole rings is 1. The number of fused-ring (bicyclic) bond motifs is 2. The van der Waals surface area contributed by atoms with E-state index in [4.69, 9.17) is 14.4 Å². The Morgan fingerprint density at radius 1 is 0.935 bits per heavy atom. The Labute approximate surface area is 180 Å². The summed E-state index contributed by atoms with van der Waals surface area (Å²) in [4.78, 5) is 13.7. The second-order valence-electron chi connectivity index (χ2n) is 8.42. The van der Waals surface area contributed by atoms with Crippen LogP contribution in [0.15, 0.2) is 77.8 Å². The summed E-state index contributed by atoms with van der Waals surface area (Å²) in [6.45, 7) is 2.12. The van der Waals surface area contributed by atoms with E-state index in [-0.39, 0.29) is 5.54 Å². The molecule has 1 aliphatic rings. The number of benzene rings is 2. The minimum absolute atomic E-state index is 0.0408. The van der Waals surface area contributed by atoms with Crippen LogP contribution in [0.5, 0.6) is 0 Å². The van der Waals surface area contributed by atoms with Crippen molar-refractivity contribution in [2.45, 2.75) is 31.7 Å². The van der Waals surface area contributed by atoms with Crippen molar-refractivity contribution in [2.75, 3.05) is 5.32 Å². The minimum atomic E-state index is -0.0408. The molecular weight excluding hydrogens is 384 g/mol. The van der Waals surface area contributed by atoms with E-state index >= 15 is 0 Å². The van der Waals surface area contributed by atoms with Crippen LogP contribution in [-0.2, 0) is 12.0 Å². The van der Waals surface area contributed by atoms with E-state index in [0.29, 0.717) is 6.42 Å². The second kappa shape index (κ2) is 6.91. The van der Waals surface area contributed by atoms with E-state index in [0.717, 1.165) is 51.8 Å². The SMILES string of the molecule is Cc1ccc(C2(Nc3nccc4ccnc(Cc5ccc6ncoc6c5)c34)CC2)cc1. The number of pyridine rings is 2. The number of aryl methyl sites for hydroxylation is 1. The van der Waals surface area contributed by atoms with Crippen LogP contribution < -0.4 is 5.32 Å². The Morgan fingerprint density at radius 3 is 2.55 bits per heavy atom. The number of anilines is 1. The lowest BCUT2D eigenvalue weighted by molar-refractivity contribution is 0.602. The fourth-order valence-electron chi connectivity index (χ4n) is 4.33. The normalized spacial score (nSPS) is 14.7. The molecule has 0 bridgehead atoms. The van der Waals surface area contributed by atoms with Gasteiger partial charge in [-0.15, -0.1) is 0 Å². The monoisotopic (exact) mass is 406 g/mol. The van der Waals surface area contributed by atoms with Gasteiger partial charge in [0.25, 0.3) is 0 Å². The van der Waals surface area contributed by atoms with E-state index in [1.165, 1.54) is 17.5 Å². The predicted octanol–water partition coefficient (Wildman–Crippen LogP) is 5.77. The summed E-state index contributed by atoms with van der Waals surface area (Å²) in [6.07, 6.45) is 8.14. The first kappa shape index (κ1) is 18.1. The Hall–Kier alpha value is -3.73. The number of nitrogens with zero attached hydrogens (tertiary/aromatic N) is 3. The molecule has 6 rings (SSSR count). The predicted molar refractivity (Wildman–Crippen MR) is 122 cm³/mol. The lowest BCUT2D eigenvalue weighted by Gasteiger charge is -2.21. The van der Waals surface area contributed by atoms with Gasteiger partial charge < -0.3 is 9.73 Å².